The zero-order chi connectivity index (χ0) is 15.8. The summed E-state index contributed by atoms with van der Waals surface area (Å²) in [5.41, 5.74) is 1.20. The van der Waals surface area contributed by atoms with E-state index in [1.54, 1.807) is 41.5 Å². The standard InChI is InChI=1S/C7H7.3C3H8O.Ti/c1-7-5-3-2-4-6-7;3*1-3(2)4;/h2-5H,1H3;3*3-4H,1-2H3;/q-1;;;;. The van der Waals surface area contributed by atoms with E-state index in [9.17, 15) is 0 Å². The first-order valence-electron chi connectivity index (χ1n) is 6.57. The second kappa shape index (κ2) is 21.1. The largest absolute Gasteiger partial charge is 0.394 e. The fourth-order valence-corrected chi connectivity index (χ4v) is 0.483. The molecule has 0 saturated carbocycles. The average Bonchev–Trinajstić information content (AvgIpc) is 2.15. The number of hydrogen-bond donors (Lipinski definition) is 3. The summed E-state index contributed by atoms with van der Waals surface area (Å²) in [7, 11) is 0. The molecule has 1 aromatic carbocycles. The van der Waals surface area contributed by atoms with Crippen molar-refractivity contribution in [1.29, 1.82) is 0 Å². The van der Waals surface area contributed by atoms with Gasteiger partial charge in [0.05, 0.1) is 0 Å². The molecule has 1 aromatic rings. The van der Waals surface area contributed by atoms with Crippen molar-refractivity contribution in [3.05, 3.63) is 35.9 Å². The van der Waals surface area contributed by atoms with Crippen molar-refractivity contribution in [2.24, 2.45) is 0 Å². The Morgan fingerprint density at radius 1 is 0.800 bits per heavy atom. The minimum absolute atomic E-state index is 0. The fourth-order valence-electron chi connectivity index (χ4n) is 0.483. The number of rotatable bonds is 0. The molecule has 0 amide bonds. The molecule has 0 atom stereocenters. The van der Waals surface area contributed by atoms with Crippen LogP contribution in [0.5, 0.6) is 0 Å². The van der Waals surface area contributed by atoms with Crippen LogP contribution < -0.4 is 0 Å². The van der Waals surface area contributed by atoms with Crippen molar-refractivity contribution in [3.63, 3.8) is 0 Å². The van der Waals surface area contributed by atoms with E-state index in [1.165, 1.54) is 5.56 Å². The van der Waals surface area contributed by atoms with Gasteiger partial charge in [-0.3, -0.25) is 0 Å². The molecule has 0 aliphatic carbocycles. The molecule has 0 heterocycles. The van der Waals surface area contributed by atoms with Crippen LogP contribution in [0.25, 0.3) is 0 Å². The zero-order valence-corrected chi connectivity index (χ0v) is 15.4. The van der Waals surface area contributed by atoms with Crippen LogP contribution in [0.1, 0.15) is 47.1 Å². The average molecular weight is 319 g/mol. The Labute approximate surface area is 139 Å². The van der Waals surface area contributed by atoms with Crippen LogP contribution >= 0.6 is 0 Å². The van der Waals surface area contributed by atoms with Crippen LogP contribution in [0.2, 0.25) is 0 Å². The van der Waals surface area contributed by atoms with E-state index in [0.717, 1.165) is 0 Å². The summed E-state index contributed by atoms with van der Waals surface area (Å²) in [5.74, 6) is 0. The maximum Gasteiger partial charge on any atom is 0.0483 e. The first kappa shape index (κ1) is 28.0. The normalized spacial score (nSPS) is 8.45. The first-order valence-corrected chi connectivity index (χ1v) is 6.57. The van der Waals surface area contributed by atoms with Gasteiger partial charge in [-0.2, -0.15) is 35.9 Å². The SMILES string of the molecule is CC(C)O.CC(C)O.CC(C)O.Cc1[c-]cccc1.[Ti]. The van der Waals surface area contributed by atoms with Gasteiger partial charge >= 0.3 is 0 Å². The first-order chi connectivity index (χ1) is 8.59. The summed E-state index contributed by atoms with van der Waals surface area (Å²) in [6, 6.07) is 10.9. The summed E-state index contributed by atoms with van der Waals surface area (Å²) in [6.07, 6.45) is -0.500. The van der Waals surface area contributed by atoms with Crippen LogP contribution in [0.4, 0.5) is 0 Å². The molecule has 0 saturated heterocycles. The molecule has 3 nitrogen and oxygen atoms in total. The van der Waals surface area contributed by atoms with Gasteiger partial charge in [0.2, 0.25) is 0 Å². The molecule has 0 fully saturated rings. The molecule has 3 N–H and O–H groups in total. The van der Waals surface area contributed by atoms with Crippen molar-refractivity contribution in [2.45, 2.75) is 66.8 Å². The number of aryl methyl sites for hydroxylation is 1. The van der Waals surface area contributed by atoms with Gasteiger partial charge in [-0.25, -0.2) is 0 Å². The minimum atomic E-state index is -0.167. The Balaban J connectivity index is -0.0000000881. The van der Waals surface area contributed by atoms with Gasteiger partial charge in [0.25, 0.3) is 0 Å². The molecule has 118 valence electrons. The van der Waals surface area contributed by atoms with Crippen molar-refractivity contribution >= 4 is 0 Å². The number of hydrogen-bond acceptors (Lipinski definition) is 3. The molecule has 4 heteroatoms. The van der Waals surface area contributed by atoms with Gasteiger partial charge < -0.3 is 15.3 Å². The Morgan fingerprint density at radius 3 is 1.20 bits per heavy atom. The van der Waals surface area contributed by atoms with E-state index in [-0.39, 0.29) is 40.0 Å². The third-order valence-corrected chi connectivity index (χ3v) is 0.865. The third kappa shape index (κ3) is 82.5. The summed E-state index contributed by atoms with van der Waals surface area (Å²) in [4.78, 5) is 0. The summed E-state index contributed by atoms with van der Waals surface area (Å²) in [6.45, 7) is 12.4. The van der Waals surface area contributed by atoms with Crippen LogP contribution in [0.15, 0.2) is 24.3 Å². The van der Waals surface area contributed by atoms with Crippen LogP contribution in [0.3, 0.4) is 0 Å². The molecule has 0 aromatic heterocycles. The minimum Gasteiger partial charge on any atom is -0.394 e. The fraction of sp³-hybridized carbons (Fsp3) is 0.625. The van der Waals surface area contributed by atoms with Crippen molar-refractivity contribution < 1.29 is 37.0 Å². The molecule has 0 spiro atoms. The van der Waals surface area contributed by atoms with E-state index >= 15 is 0 Å². The maximum absolute atomic E-state index is 8.06. The van der Waals surface area contributed by atoms with E-state index in [2.05, 4.69) is 6.07 Å². The molecular formula is C16H31O3Ti-. The molecule has 0 bridgehead atoms. The Hall–Kier alpha value is -0.186. The van der Waals surface area contributed by atoms with Crippen LogP contribution in [-0.2, 0) is 21.7 Å². The second-order valence-electron chi connectivity index (χ2n) is 4.83. The summed E-state index contributed by atoms with van der Waals surface area (Å²) < 4.78 is 0. The summed E-state index contributed by atoms with van der Waals surface area (Å²) >= 11 is 0. The topological polar surface area (TPSA) is 60.7 Å². The monoisotopic (exact) mass is 319 g/mol. The van der Waals surface area contributed by atoms with Crippen molar-refractivity contribution in [1.82, 2.24) is 0 Å². The van der Waals surface area contributed by atoms with E-state index in [4.69, 9.17) is 15.3 Å². The van der Waals surface area contributed by atoms with E-state index in [1.807, 2.05) is 31.2 Å². The van der Waals surface area contributed by atoms with Gasteiger partial charge in [-0.15, -0.1) is 0 Å². The smallest absolute Gasteiger partial charge is 0.0483 e. The summed E-state index contributed by atoms with van der Waals surface area (Å²) in [5, 5.41) is 24.2. The molecular weight excluding hydrogens is 288 g/mol. The van der Waals surface area contributed by atoms with Crippen molar-refractivity contribution in [3.8, 4) is 0 Å². The second-order valence-corrected chi connectivity index (χ2v) is 4.83. The molecule has 0 unspecified atom stereocenters. The van der Waals surface area contributed by atoms with Gasteiger partial charge in [-0.05, 0) is 41.5 Å². The number of aliphatic hydroxyl groups is 3. The van der Waals surface area contributed by atoms with Crippen LogP contribution in [-0.4, -0.2) is 33.6 Å². The molecule has 20 heavy (non-hydrogen) atoms. The maximum atomic E-state index is 8.06. The van der Waals surface area contributed by atoms with Gasteiger partial charge in [0.15, 0.2) is 0 Å². The molecule has 0 aliphatic heterocycles. The number of aliphatic hydroxyl groups excluding tert-OH is 3. The quantitative estimate of drug-likeness (QED) is 0.509. The predicted molar refractivity (Wildman–Crippen MR) is 82.1 cm³/mol. The van der Waals surface area contributed by atoms with E-state index in [0.29, 0.717) is 0 Å². The van der Waals surface area contributed by atoms with Gasteiger partial charge in [0.1, 0.15) is 0 Å². The zero-order valence-electron chi connectivity index (χ0n) is 13.9. The molecule has 1 rings (SSSR count). The van der Waals surface area contributed by atoms with Crippen molar-refractivity contribution in [2.75, 3.05) is 0 Å². The van der Waals surface area contributed by atoms with Crippen LogP contribution in [0, 0.1) is 13.0 Å². The van der Waals surface area contributed by atoms with Gasteiger partial charge in [0, 0.05) is 40.0 Å². The Bertz CT molecular complexity index is 227. The Kier molecular flexibility index (Phi) is 29.6. The van der Waals surface area contributed by atoms with Gasteiger partial charge in [-0.1, -0.05) is 6.92 Å². The van der Waals surface area contributed by atoms with E-state index < -0.39 is 0 Å². The third-order valence-electron chi connectivity index (χ3n) is 0.865. The predicted octanol–water partition coefficient (Wildman–Crippen LogP) is 2.95. The molecule has 0 radical (unpaired) electrons. The Morgan fingerprint density at radius 2 is 1.10 bits per heavy atom. The molecule has 0 aliphatic rings. The number of benzene rings is 1.